The molecule has 2 N–H and O–H groups in total. The standard InChI is InChI=1S/C10H11NOS/c1-3-6-13-10-5-4-8(11)7-9(10)12-2/h1,4-5,7H,6,11H2,2H3. The summed E-state index contributed by atoms with van der Waals surface area (Å²) in [5, 5.41) is 0. The minimum absolute atomic E-state index is 0.639. The SMILES string of the molecule is C#CCSc1ccc(N)cc1OC. The van der Waals surface area contributed by atoms with Crippen LogP contribution in [0.4, 0.5) is 5.69 Å². The van der Waals surface area contributed by atoms with E-state index in [1.807, 2.05) is 12.1 Å². The van der Waals surface area contributed by atoms with Crippen molar-refractivity contribution in [2.24, 2.45) is 0 Å². The number of hydrogen-bond donors (Lipinski definition) is 1. The third kappa shape index (κ3) is 2.60. The summed E-state index contributed by atoms with van der Waals surface area (Å²) in [6.07, 6.45) is 5.16. The van der Waals surface area contributed by atoms with Crippen LogP contribution in [-0.2, 0) is 0 Å². The molecule has 0 atom stereocenters. The minimum atomic E-state index is 0.639. The Balaban J connectivity index is 2.87. The van der Waals surface area contributed by atoms with Gasteiger partial charge in [-0.15, -0.1) is 18.2 Å². The van der Waals surface area contributed by atoms with Crippen molar-refractivity contribution in [2.45, 2.75) is 4.90 Å². The van der Waals surface area contributed by atoms with Gasteiger partial charge in [0.05, 0.1) is 17.8 Å². The number of thioether (sulfide) groups is 1. The van der Waals surface area contributed by atoms with Gasteiger partial charge in [-0.1, -0.05) is 5.92 Å². The van der Waals surface area contributed by atoms with Crippen molar-refractivity contribution in [1.82, 2.24) is 0 Å². The first kappa shape index (κ1) is 9.82. The molecule has 0 unspecified atom stereocenters. The molecule has 0 aliphatic heterocycles. The van der Waals surface area contributed by atoms with E-state index in [2.05, 4.69) is 5.92 Å². The zero-order valence-electron chi connectivity index (χ0n) is 7.41. The first-order valence-corrected chi connectivity index (χ1v) is 4.76. The van der Waals surface area contributed by atoms with Crippen LogP contribution in [-0.4, -0.2) is 12.9 Å². The Morgan fingerprint density at radius 2 is 2.38 bits per heavy atom. The van der Waals surface area contributed by atoms with Gasteiger partial charge in [-0.3, -0.25) is 0 Å². The maximum atomic E-state index is 5.60. The molecular formula is C10H11NOS. The lowest BCUT2D eigenvalue weighted by molar-refractivity contribution is 0.405. The number of anilines is 1. The minimum Gasteiger partial charge on any atom is -0.496 e. The average Bonchev–Trinajstić information content (AvgIpc) is 2.16. The topological polar surface area (TPSA) is 35.2 Å². The highest BCUT2D eigenvalue weighted by atomic mass is 32.2. The van der Waals surface area contributed by atoms with Crippen molar-refractivity contribution in [3.05, 3.63) is 18.2 Å². The second-order valence-corrected chi connectivity index (χ2v) is 3.42. The molecule has 0 aliphatic carbocycles. The predicted molar refractivity (Wildman–Crippen MR) is 57.0 cm³/mol. The molecule has 3 heteroatoms. The molecule has 0 aliphatic rings. The van der Waals surface area contributed by atoms with Gasteiger partial charge in [0, 0.05) is 11.8 Å². The molecule has 0 bridgehead atoms. The molecule has 1 aromatic rings. The van der Waals surface area contributed by atoms with Crippen LogP contribution in [0, 0.1) is 12.3 Å². The number of nitrogen functional groups attached to an aromatic ring is 1. The molecule has 0 heterocycles. The van der Waals surface area contributed by atoms with Gasteiger partial charge in [-0.05, 0) is 12.1 Å². The van der Waals surface area contributed by atoms with Gasteiger partial charge in [0.15, 0.2) is 0 Å². The van der Waals surface area contributed by atoms with Crippen LogP contribution in [0.1, 0.15) is 0 Å². The van der Waals surface area contributed by atoms with Crippen LogP contribution in [0.3, 0.4) is 0 Å². The molecule has 0 radical (unpaired) electrons. The predicted octanol–water partition coefficient (Wildman–Crippen LogP) is 2.00. The van der Waals surface area contributed by atoms with E-state index < -0.39 is 0 Å². The third-order valence-corrected chi connectivity index (χ3v) is 2.46. The average molecular weight is 193 g/mol. The monoisotopic (exact) mass is 193 g/mol. The van der Waals surface area contributed by atoms with E-state index in [9.17, 15) is 0 Å². The molecular weight excluding hydrogens is 182 g/mol. The number of terminal acetylenes is 1. The molecule has 0 aromatic heterocycles. The first-order chi connectivity index (χ1) is 6.27. The van der Waals surface area contributed by atoms with Crippen molar-refractivity contribution in [2.75, 3.05) is 18.6 Å². The summed E-state index contributed by atoms with van der Waals surface area (Å²) in [5.41, 5.74) is 6.30. The Morgan fingerprint density at radius 1 is 1.62 bits per heavy atom. The Morgan fingerprint density at radius 3 is 3.00 bits per heavy atom. The molecule has 2 nitrogen and oxygen atoms in total. The summed E-state index contributed by atoms with van der Waals surface area (Å²) in [5.74, 6) is 3.98. The van der Waals surface area contributed by atoms with Crippen molar-refractivity contribution in [3.63, 3.8) is 0 Å². The highest BCUT2D eigenvalue weighted by Crippen LogP contribution is 2.30. The maximum Gasteiger partial charge on any atom is 0.134 e. The van der Waals surface area contributed by atoms with Crippen molar-refractivity contribution < 1.29 is 4.74 Å². The van der Waals surface area contributed by atoms with E-state index in [0.29, 0.717) is 11.4 Å². The van der Waals surface area contributed by atoms with E-state index in [0.717, 1.165) is 10.6 Å². The summed E-state index contributed by atoms with van der Waals surface area (Å²) >= 11 is 1.56. The smallest absolute Gasteiger partial charge is 0.134 e. The lowest BCUT2D eigenvalue weighted by atomic mass is 10.3. The van der Waals surface area contributed by atoms with E-state index in [1.165, 1.54) is 0 Å². The number of benzene rings is 1. The van der Waals surface area contributed by atoms with Crippen molar-refractivity contribution in [3.8, 4) is 18.1 Å². The van der Waals surface area contributed by atoms with Gasteiger partial charge < -0.3 is 10.5 Å². The molecule has 0 saturated heterocycles. The van der Waals surface area contributed by atoms with Gasteiger partial charge in [0.2, 0.25) is 0 Å². The molecule has 0 amide bonds. The van der Waals surface area contributed by atoms with Gasteiger partial charge in [-0.2, -0.15) is 0 Å². The second kappa shape index (κ2) is 4.68. The van der Waals surface area contributed by atoms with Gasteiger partial charge >= 0.3 is 0 Å². The first-order valence-electron chi connectivity index (χ1n) is 3.77. The normalized spacial score (nSPS) is 9.23. The van der Waals surface area contributed by atoms with Crippen LogP contribution < -0.4 is 10.5 Å². The van der Waals surface area contributed by atoms with E-state index in [1.54, 1.807) is 24.9 Å². The number of nitrogens with two attached hydrogens (primary N) is 1. The number of rotatable bonds is 3. The lowest BCUT2D eigenvalue weighted by Gasteiger charge is -2.06. The Hall–Kier alpha value is -1.27. The van der Waals surface area contributed by atoms with Crippen LogP contribution >= 0.6 is 11.8 Å². The Labute approximate surface area is 82.5 Å². The highest BCUT2D eigenvalue weighted by molar-refractivity contribution is 7.99. The van der Waals surface area contributed by atoms with E-state index >= 15 is 0 Å². The maximum absolute atomic E-state index is 5.60. The summed E-state index contributed by atoms with van der Waals surface area (Å²) < 4.78 is 5.15. The van der Waals surface area contributed by atoms with Gasteiger partial charge in [0.1, 0.15) is 5.75 Å². The second-order valence-electron chi connectivity index (χ2n) is 2.40. The molecule has 0 fully saturated rings. The Kier molecular flexibility index (Phi) is 3.53. The van der Waals surface area contributed by atoms with Crippen LogP contribution in [0.25, 0.3) is 0 Å². The lowest BCUT2D eigenvalue weighted by Crippen LogP contribution is -1.90. The summed E-state index contributed by atoms with van der Waals surface area (Å²) in [6, 6.07) is 5.54. The van der Waals surface area contributed by atoms with Crippen LogP contribution in [0.2, 0.25) is 0 Å². The summed E-state index contributed by atoms with van der Waals surface area (Å²) in [7, 11) is 1.62. The Bertz CT molecular complexity index is 330. The van der Waals surface area contributed by atoms with Crippen LogP contribution in [0.15, 0.2) is 23.1 Å². The summed E-state index contributed by atoms with van der Waals surface area (Å²) in [4.78, 5) is 1.02. The molecule has 68 valence electrons. The zero-order chi connectivity index (χ0) is 9.68. The van der Waals surface area contributed by atoms with E-state index in [-0.39, 0.29) is 0 Å². The van der Waals surface area contributed by atoms with Gasteiger partial charge in [-0.25, -0.2) is 0 Å². The molecule has 13 heavy (non-hydrogen) atoms. The molecule has 0 saturated carbocycles. The molecule has 0 spiro atoms. The fraction of sp³-hybridized carbons (Fsp3) is 0.200. The van der Waals surface area contributed by atoms with Crippen molar-refractivity contribution >= 4 is 17.4 Å². The zero-order valence-corrected chi connectivity index (χ0v) is 8.23. The number of ether oxygens (including phenoxy) is 1. The van der Waals surface area contributed by atoms with Crippen LogP contribution in [0.5, 0.6) is 5.75 Å². The number of methoxy groups -OCH3 is 1. The largest absolute Gasteiger partial charge is 0.496 e. The third-order valence-electron chi connectivity index (χ3n) is 1.50. The van der Waals surface area contributed by atoms with E-state index in [4.69, 9.17) is 16.9 Å². The number of hydrogen-bond acceptors (Lipinski definition) is 3. The highest BCUT2D eigenvalue weighted by Gasteiger charge is 2.02. The van der Waals surface area contributed by atoms with Crippen molar-refractivity contribution in [1.29, 1.82) is 0 Å². The summed E-state index contributed by atoms with van der Waals surface area (Å²) in [6.45, 7) is 0. The fourth-order valence-electron chi connectivity index (χ4n) is 0.923. The fourth-order valence-corrected chi connectivity index (χ4v) is 1.61. The quantitative estimate of drug-likeness (QED) is 0.453. The molecule has 1 rings (SSSR count). The van der Waals surface area contributed by atoms with Gasteiger partial charge in [0.25, 0.3) is 0 Å². The molecule has 1 aromatic carbocycles.